The largest absolute Gasteiger partial charge is 0.481 e. The zero-order valence-corrected chi connectivity index (χ0v) is 19.0. The molecule has 2 bridgehead atoms. The van der Waals surface area contributed by atoms with Gasteiger partial charge in [0.2, 0.25) is 17.8 Å². The van der Waals surface area contributed by atoms with Gasteiger partial charge in [-0.3, -0.25) is 0 Å². The van der Waals surface area contributed by atoms with Crippen LogP contribution in [0.15, 0.2) is 36.5 Å². The highest BCUT2D eigenvalue weighted by atomic mass is 19.1. The highest BCUT2D eigenvalue weighted by Gasteiger charge is 2.43. The van der Waals surface area contributed by atoms with E-state index in [4.69, 9.17) is 9.72 Å². The van der Waals surface area contributed by atoms with Crippen LogP contribution < -0.4 is 19.9 Å². The van der Waals surface area contributed by atoms with Crippen LogP contribution in [0.4, 0.5) is 32.1 Å². The van der Waals surface area contributed by atoms with E-state index in [0.717, 1.165) is 50.7 Å². The predicted molar refractivity (Wildman–Crippen MR) is 125 cm³/mol. The molecule has 6 rings (SSSR count). The van der Waals surface area contributed by atoms with E-state index in [1.54, 1.807) is 13.3 Å². The van der Waals surface area contributed by atoms with Gasteiger partial charge in [-0.2, -0.15) is 4.98 Å². The van der Waals surface area contributed by atoms with Crippen LogP contribution in [0.2, 0.25) is 0 Å². The number of nitrogens with one attached hydrogen (secondary N) is 1. The van der Waals surface area contributed by atoms with Gasteiger partial charge in [-0.15, -0.1) is 5.10 Å². The zero-order valence-electron chi connectivity index (χ0n) is 19.0. The van der Waals surface area contributed by atoms with Crippen molar-refractivity contribution < 1.29 is 13.5 Å². The first-order chi connectivity index (χ1) is 16.6. The number of halogens is 2. The molecule has 1 saturated heterocycles. The fraction of sp³-hybridized carbons (Fsp3) is 0.458. The van der Waals surface area contributed by atoms with E-state index in [1.165, 1.54) is 12.1 Å². The number of methoxy groups -OCH3 is 1. The SMILES string of the molecule is COc1cc(N2C[C@H]3CC[C@@H](C2)[C@H]3Nc2nc3n(n2)CCCN3c2cc(F)cc(F)c2)ccn1. The maximum atomic E-state index is 13.8. The quantitative estimate of drug-likeness (QED) is 0.612. The molecular formula is C24H27F2N7O. The number of hydrogen-bond donors (Lipinski definition) is 1. The van der Waals surface area contributed by atoms with Crippen LogP contribution in [0.3, 0.4) is 0 Å². The van der Waals surface area contributed by atoms with Crippen molar-refractivity contribution in [3.8, 4) is 5.88 Å². The Labute approximate surface area is 196 Å². The maximum Gasteiger partial charge on any atom is 0.244 e. The van der Waals surface area contributed by atoms with Crippen molar-refractivity contribution in [2.45, 2.75) is 31.8 Å². The number of benzene rings is 1. The minimum atomic E-state index is -0.597. The number of piperidine rings is 1. The van der Waals surface area contributed by atoms with Gasteiger partial charge >= 0.3 is 0 Å². The highest BCUT2D eigenvalue weighted by Crippen LogP contribution is 2.40. The van der Waals surface area contributed by atoms with Crippen LogP contribution in [-0.2, 0) is 6.54 Å². The van der Waals surface area contributed by atoms with E-state index >= 15 is 0 Å². The summed E-state index contributed by atoms with van der Waals surface area (Å²) < 4.78 is 34.8. The van der Waals surface area contributed by atoms with Crippen LogP contribution in [-0.4, -0.2) is 52.5 Å². The van der Waals surface area contributed by atoms with Gasteiger partial charge in [0.05, 0.1) is 7.11 Å². The Bertz CT molecular complexity index is 1170. The fourth-order valence-electron chi connectivity index (χ4n) is 5.69. The summed E-state index contributed by atoms with van der Waals surface area (Å²) >= 11 is 0. The molecule has 0 unspecified atom stereocenters. The first kappa shape index (κ1) is 21.1. The third-order valence-corrected chi connectivity index (χ3v) is 7.23. The van der Waals surface area contributed by atoms with E-state index < -0.39 is 11.6 Å². The van der Waals surface area contributed by atoms with Gasteiger partial charge in [0.1, 0.15) is 11.6 Å². The van der Waals surface area contributed by atoms with Crippen LogP contribution in [0.1, 0.15) is 19.3 Å². The second kappa shape index (κ2) is 8.41. The molecule has 1 aliphatic carbocycles. The summed E-state index contributed by atoms with van der Waals surface area (Å²) in [5, 5.41) is 8.30. The molecule has 3 aliphatic rings. The number of aryl methyl sites for hydroxylation is 1. The van der Waals surface area contributed by atoms with Crippen molar-refractivity contribution in [3.63, 3.8) is 0 Å². The fourth-order valence-corrected chi connectivity index (χ4v) is 5.69. The molecule has 1 aromatic carbocycles. The molecule has 2 fully saturated rings. The average molecular weight is 468 g/mol. The van der Waals surface area contributed by atoms with E-state index in [9.17, 15) is 8.78 Å². The second-order valence-corrected chi connectivity index (χ2v) is 9.32. The Morgan fingerprint density at radius 1 is 1.00 bits per heavy atom. The van der Waals surface area contributed by atoms with Crippen LogP contribution in [0.25, 0.3) is 0 Å². The van der Waals surface area contributed by atoms with Crippen molar-refractivity contribution in [1.82, 2.24) is 19.7 Å². The molecule has 178 valence electrons. The summed E-state index contributed by atoms with van der Waals surface area (Å²) in [5.74, 6) is 1.59. The van der Waals surface area contributed by atoms with Crippen LogP contribution >= 0.6 is 0 Å². The van der Waals surface area contributed by atoms with Gasteiger partial charge in [-0.25, -0.2) is 18.4 Å². The number of anilines is 4. The lowest BCUT2D eigenvalue weighted by atomic mass is 9.92. The summed E-state index contributed by atoms with van der Waals surface area (Å²) in [7, 11) is 1.63. The van der Waals surface area contributed by atoms with E-state index in [1.807, 2.05) is 21.7 Å². The summed E-state index contributed by atoms with van der Waals surface area (Å²) in [6.07, 6.45) is 4.93. The third kappa shape index (κ3) is 3.80. The molecule has 4 heterocycles. The van der Waals surface area contributed by atoms with E-state index in [-0.39, 0.29) is 0 Å². The van der Waals surface area contributed by atoms with Crippen molar-refractivity contribution in [3.05, 3.63) is 48.2 Å². The minimum Gasteiger partial charge on any atom is -0.481 e. The van der Waals surface area contributed by atoms with Gasteiger partial charge in [0, 0.05) is 61.9 Å². The molecule has 10 heteroatoms. The van der Waals surface area contributed by atoms with Crippen molar-refractivity contribution >= 4 is 23.3 Å². The monoisotopic (exact) mass is 467 g/mol. The highest BCUT2D eigenvalue weighted by molar-refractivity contribution is 5.59. The topological polar surface area (TPSA) is 71.3 Å². The molecule has 0 amide bonds. The molecule has 0 radical (unpaired) electrons. The molecule has 0 spiro atoms. The van der Waals surface area contributed by atoms with Crippen LogP contribution in [0, 0.1) is 23.5 Å². The lowest BCUT2D eigenvalue weighted by Crippen LogP contribution is -2.48. The average Bonchev–Trinajstić information content (AvgIpc) is 3.34. The van der Waals surface area contributed by atoms with Crippen molar-refractivity contribution in [2.75, 3.05) is 41.9 Å². The number of ether oxygens (including phenoxy) is 1. The smallest absolute Gasteiger partial charge is 0.244 e. The summed E-state index contributed by atoms with van der Waals surface area (Å²) in [6.45, 7) is 3.26. The summed E-state index contributed by atoms with van der Waals surface area (Å²) in [6, 6.07) is 7.88. The number of hydrogen-bond acceptors (Lipinski definition) is 7. The Kier molecular flexibility index (Phi) is 5.23. The zero-order chi connectivity index (χ0) is 23.2. The summed E-state index contributed by atoms with van der Waals surface area (Å²) in [4.78, 5) is 13.2. The van der Waals surface area contributed by atoms with Gasteiger partial charge in [0.15, 0.2) is 0 Å². The van der Waals surface area contributed by atoms with Gasteiger partial charge < -0.3 is 19.9 Å². The number of fused-ring (bicyclic) bond motifs is 3. The molecule has 3 atom stereocenters. The maximum absolute atomic E-state index is 13.8. The van der Waals surface area contributed by atoms with E-state index in [0.29, 0.717) is 47.9 Å². The predicted octanol–water partition coefficient (Wildman–Crippen LogP) is 3.83. The Morgan fingerprint density at radius 2 is 1.76 bits per heavy atom. The number of rotatable bonds is 5. The lowest BCUT2D eigenvalue weighted by Gasteiger charge is -2.39. The van der Waals surface area contributed by atoms with Gasteiger partial charge in [0.25, 0.3) is 0 Å². The minimum absolute atomic E-state index is 0.296. The molecule has 3 aromatic rings. The number of pyridine rings is 1. The Hall–Kier alpha value is -3.43. The van der Waals surface area contributed by atoms with Crippen molar-refractivity contribution in [1.29, 1.82) is 0 Å². The molecule has 2 aliphatic heterocycles. The Morgan fingerprint density at radius 3 is 2.50 bits per heavy atom. The molecule has 1 saturated carbocycles. The third-order valence-electron chi connectivity index (χ3n) is 7.23. The Balaban J connectivity index is 1.20. The lowest BCUT2D eigenvalue weighted by molar-refractivity contribution is 0.374. The first-order valence-corrected chi connectivity index (χ1v) is 11.8. The van der Waals surface area contributed by atoms with Crippen molar-refractivity contribution in [2.24, 2.45) is 11.8 Å². The molecular weight excluding hydrogens is 440 g/mol. The summed E-state index contributed by atoms with van der Waals surface area (Å²) in [5.41, 5.74) is 1.59. The van der Waals surface area contributed by atoms with Gasteiger partial charge in [-0.1, -0.05) is 0 Å². The molecule has 1 N–H and O–H groups in total. The van der Waals surface area contributed by atoms with E-state index in [2.05, 4.69) is 20.3 Å². The number of nitrogens with zero attached hydrogens (tertiary/aromatic N) is 6. The van der Waals surface area contributed by atoms with Crippen LogP contribution in [0.5, 0.6) is 5.88 Å². The standard InChI is InChI=1S/C24H27F2N7O/c1-34-21-12-19(5-6-27-21)31-13-15-3-4-16(14-31)22(15)28-23-29-24-32(7-2-8-33(24)30-23)20-10-17(25)9-18(26)11-20/h5-6,9-12,15-16,22H,2-4,7-8,13-14H2,1H3,(H,28,30)/t15-,16+,22+. The first-order valence-electron chi connectivity index (χ1n) is 11.8. The second-order valence-electron chi connectivity index (χ2n) is 9.32. The number of aromatic nitrogens is 4. The molecule has 34 heavy (non-hydrogen) atoms. The molecule has 8 nitrogen and oxygen atoms in total. The normalized spacial score (nSPS) is 23.7. The van der Waals surface area contributed by atoms with Gasteiger partial charge in [-0.05, 0) is 49.3 Å². The molecule has 2 aromatic heterocycles.